The number of nitrogen functional groups attached to an aromatic ring is 1. The quantitative estimate of drug-likeness (QED) is 0.749. The van der Waals surface area contributed by atoms with Gasteiger partial charge < -0.3 is 15.1 Å². The first-order valence-electron chi connectivity index (χ1n) is 6.70. The van der Waals surface area contributed by atoms with E-state index in [1.165, 1.54) is 0 Å². The normalized spacial score (nSPS) is 10.7. The zero-order chi connectivity index (χ0) is 14.8. The molecule has 3 aromatic rings. The maximum atomic E-state index is 12.6. The van der Waals surface area contributed by atoms with E-state index in [4.69, 9.17) is 10.2 Å². The molecule has 0 atom stereocenters. The Kier molecular flexibility index (Phi) is 3.31. The van der Waals surface area contributed by atoms with E-state index in [1.807, 2.05) is 6.92 Å². The summed E-state index contributed by atoms with van der Waals surface area (Å²) in [7, 11) is 0. The number of benzene rings is 1. The first kappa shape index (κ1) is 13.2. The third-order valence-corrected chi connectivity index (χ3v) is 3.29. The molecule has 21 heavy (non-hydrogen) atoms. The summed E-state index contributed by atoms with van der Waals surface area (Å²) in [4.78, 5) is 18.2. The second kappa shape index (κ2) is 5.28. The highest BCUT2D eigenvalue weighted by atomic mass is 16.3. The number of carbonyl (C=O) groups excluding carboxylic acids is 1. The maximum absolute atomic E-state index is 12.6. The lowest BCUT2D eigenvalue weighted by Gasteiger charge is -2.19. The minimum atomic E-state index is -0.182. The lowest BCUT2D eigenvalue weighted by molar-refractivity contribution is 0.0964. The second-order valence-corrected chi connectivity index (χ2v) is 4.66. The summed E-state index contributed by atoms with van der Waals surface area (Å²) in [5, 5.41) is 0.823. The van der Waals surface area contributed by atoms with Gasteiger partial charge in [0.25, 0.3) is 5.91 Å². The number of amides is 1. The monoisotopic (exact) mass is 281 g/mol. The zero-order valence-electron chi connectivity index (χ0n) is 11.6. The minimum Gasteiger partial charge on any atom is -0.451 e. The summed E-state index contributed by atoms with van der Waals surface area (Å²) in [6, 6.07) is 10.6. The molecule has 0 radical (unpaired) electrons. The molecule has 5 heteroatoms. The van der Waals surface area contributed by atoms with Crippen LogP contribution in [0.15, 0.2) is 53.2 Å². The van der Waals surface area contributed by atoms with Crippen LogP contribution < -0.4 is 10.6 Å². The molecule has 1 aromatic carbocycles. The van der Waals surface area contributed by atoms with Crippen LogP contribution in [0.25, 0.3) is 11.0 Å². The Morgan fingerprint density at radius 3 is 2.71 bits per heavy atom. The standard InChI is InChI=1S/C16H15N3O2/c1-2-19(13-5-7-18-8-6-13)16(20)15-10-11-9-12(17)3-4-14(11)21-15/h3-10H,2,17H2,1H3. The van der Waals surface area contributed by atoms with Crippen LogP contribution in [0.3, 0.4) is 0 Å². The Hall–Kier alpha value is -2.82. The van der Waals surface area contributed by atoms with Gasteiger partial charge in [-0.2, -0.15) is 0 Å². The van der Waals surface area contributed by atoms with Gasteiger partial charge in [-0.25, -0.2) is 0 Å². The predicted octanol–water partition coefficient (Wildman–Crippen LogP) is 3.08. The van der Waals surface area contributed by atoms with Gasteiger partial charge in [0.2, 0.25) is 0 Å². The van der Waals surface area contributed by atoms with E-state index < -0.39 is 0 Å². The summed E-state index contributed by atoms with van der Waals surface area (Å²) in [5.74, 6) is 0.118. The number of furan rings is 1. The topological polar surface area (TPSA) is 72.4 Å². The molecular weight excluding hydrogens is 266 g/mol. The summed E-state index contributed by atoms with van der Waals surface area (Å²) in [6.07, 6.45) is 3.31. The third kappa shape index (κ3) is 2.45. The fraction of sp³-hybridized carbons (Fsp3) is 0.125. The van der Waals surface area contributed by atoms with Crippen molar-refractivity contribution in [2.75, 3.05) is 17.2 Å². The van der Waals surface area contributed by atoms with E-state index in [0.29, 0.717) is 23.6 Å². The summed E-state index contributed by atoms with van der Waals surface area (Å²) in [5.41, 5.74) is 7.83. The first-order valence-corrected chi connectivity index (χ1v) is 6.70. The SMILES string of the molecule is CCN(C(=O)c1cc2cc(N)ccc2o1)c1ccncc1. The zero-order valence-corrected chi connectivity index (χ0v) is 11.6. The highest BCUT2D eigenvalue weighted by molar-refractivity contribution is 6.06. The average Bonchev–Trinajstić information content (AvgIpc) is 2.92. The van der Waals surface area contributed by atoms with Crippen LogP contribution in [0, 0.1) is 0 Å². The van der Waals surface area contributed by atoms with Gasteiger partial charge in [-0.1, -0.05) is 0 Å². The van der Waals surface area contributed by atoms with Crippen LogP contribution in [-0.2, 0) is 0 Å². The number of hydrogen-bond acceptors (Lipinski definition) is 4. The molecule has 2 N–H and O–H groups in total. The van der Waals surface area contributed by atoms with Crippen LogP contribution in [0.1, 0.15) is 17.5 Å². The Bertz CT molecular complexity index is 781. The molecule has 0 fully saturated rings. The first-order chi connectivity index (χ1) is 10.2. The van der Waals surface area contributed by atoms with E-state index in [9.17, 15) is 4.79 Å². The average molecular weight is 281 g/mol. The van der Waals surface area contributed by atoms with Crippen LogP contribution in [0.5, 0.6) is 0 Å². The van der Waals surface area contributed by atoms with Crippen LogP contribution >= 0.6 is 0 Å². The van der Waals surface area contributed by atoms with Gasteiger partial charge in [0.1, 0.15) is 5.58 Å². The Balaban J connectivity index is 1.98. The Morgan fingerprint density at radius 2 is 2.00 bits per heavy atom. The molecule has 0 aliphatic carbocycles. The Morgan fingerprint density at radius 1 is 1.24 bits per heavy atom. The van der Waals surface area contributed by atoms with Crippen molar-refractivity contribution in [1.82, 2.24) is 4.98 Å². The maximum Gasteiger partial charge on any atom is 0.294 e. The number of anilines is 2. The number of hydrogen-bond donors (Lipinski definition) is 1. The van der Waals surface area contributed by atoms with E-state index in [-0.39, 0.29) is 5.91 Å². The number of aromatic nitrogens is 1. The number of carbonyl (C=O) groups is 1. The molecule has 0 unspecified atom stereocenters. The highest BCUT2D eigenvalue weighted by Gasteiger charge is 2.20. The molecule has 0 aliphatic heterocycles. The fourth-order valence-electron chi connectivity index (χ4n) is 2.27. The molecule has 0 saturated heterocycles. The molecule has 0 bridgehead atoms. The van der Waals surface area contributed by atoms with Crippen molar-refractivity contribution in [2.45, 2.75) is 6.92 Å². The number of pyridine rings is 1. The lowest BCUT2D eigenvalue weighted by Crippen LogP contribution is -2.30. The molecule has 0 saturated carbocycles. The molecule has 2 heterocycles. The lowest BCUT2D eigenvalue weighted by atomic mass is 10.2. The van der Waals surface area contributed by atoms with Crippen molar-refractivity contribution in [3.8, 4) is 0 Å². The predicted molar refractivity (Wildman–Crippen MR) is 82.2 cm³/mol. The number of rotatable bonds is 3. The van der Waals surface area contributed by atoms with Crippen molar-refractivity contribution in [3.63, 3.8) is 0 Å². The highest BCUT2D eigenvalue weighted by Crippen LogP contribution is 2.24. The number of fused-ring (bicyclic) bond motifs is 1. The van der Waals surface area contributed by atoms with Gasteiger partial charge in [0, 0.05) is 35.7 Å². The number of nitrogens with two attached hydrogens (primary N) is 1. The van der Waals surface area contributed by atoms with Crippen molar-refractivity contribution in [3.05, 3.63) is 54.6 Å². The second-order valence-electron chi connectivity index (χ2n) is 4.66. The molecule has 1 amide bonds. The van der Waals surface area contributed by atoms with Crippen molar-refractivity contribution in [2.24, 2.45) is 0 Å². The van der Waals surface area contributed by atoms with E-state index >= 15 is 0 Å². The van der Waals surface area contributed by atoms with Gasteiger partial charge in [-0.15, -0.1) is 0 Å². The molecule has 3 rings (SSSR count). The van der Waals surface area contributed by atoms with Crippen molar-refractivity contribution >= 4 is 28.3 Å². The molecule has 106 valence electrons. The summed E-state index contributed by atoms with van der Waals surface area (Å²) in [6.45, 7) is 2.46. The molecule has 0 aliphatic rings. The van der Waals surface area contributed by atoms with E-state index in [0.717, 1.165) is 11.1 Å². The van der Waals surface area contributed by atoms with Crippen molar-refractivity contribution in [1.29, 1.82) is 0 Å². The molecule has 2 aromatic heterocycles. The van der Waals surface area contributed by atoms with Crippen molar-refractivity contribution < 1.29 is 9.21 Å². The fourth-order valence-corrected chi connectivity index (χ4v) is 2.27. The van der Waals surface area contributed by atoms with Crippen LogP contribution in [0.2, 0.25) is 0 Å². The van der Waals surface area contributed by atoms with Gasteiger partial charge >= 0.3 is 0 Å². The van der Waals surface area contributed by atoms with E-state index in [2.05, 4.69) is 4.98 Å². The third-order valence-electron chi connectivity index (χ3n) is 3.29. The van der Waals surface area contributed by atoms with Gasteiger partial charge in [-0.05, 0) is 43.3 Å². The minimum absolute atomic E-state index is 0.182. The van der Waals surface area contributed by atoms with Gasteiger partial charge in [0.15, 0.2) is 5.76 Å². The smallest absolute Gasteiger partial charge is 0.294 e. The molecule has 5 nitrogen and oxygen atoms in total. The van der Waals surface area contributed by atoms with E-state index in [1.54, 1.807) is 53.7 Å². The van der Waals surface area contributed by atoms with Crippen LogP contribution in [0.4, 0.5) is 11.4 Å². The molecular formula is C16H15N3O2. The van der Waals surface area contributed by atoms with Gasteiger partial charge in [-0.3, -0.25) is 9.78 Å². The van der Waals surface area contributed by atoms with Crippen LogP contribution in [-0.4, -0.2) is 17.4 Å². The van der Waals surface area contributed by atoms with Gasteiger partial charge in [0.05, 0.1) is 0 Å². The summed E-state index contributed by atoms with van der Waals surface area (Å²) < 4.78 is 5.63. The molecule has 0 spiro atoms. The largest absolute Gasteiger partial charge is 0.451 e. The Labute approximate surface area is 122 Å². The summed E-state index contributed by atoms with van der Waals surface area (Å²) >= 11 is 0. The number of nitrogens with zero attached hydrogens (tertiary/aromatic N) is 2.